The van der Waals surface area contributed by atoms with Gasteiger partial charge in [0.2, 0.25) is 21.8 Å². The first-order valence-corrected chi connectivity index (χ1v) is 12.1. The van der Waals surface area contributed by atoms with Crippen LogP contribution in [0.15, 0.2) is 71.8 Å². The monoisotopic (exact) mass is 489 g/mol. The van der Waals surface area contributed by atoms with Crippen molar-refractivity contribution in [2.24, 2.45) is 0 Å². The third-order valence-corrected chi connectivity index (χ3v) is 6.38. The molecule has 0 aliphatic rings. The minimum Gasteiger partial charge on any atom is -0.494 e. The van der Waals surface area contributed by atoms with Gasteiger partial charge in [-0.2, -0.15) is 0 Å². The zero-order valence-corrected chi connectivity index (χ0v) is 19.5. The van der Waals surface area contributed by atoms with Crippen molar-refractivity contribution in [1.82, 2.24) is 15.0 Å². The van der Waals surface area contributed by atoms with Crippen LogP contribution in [0.1, 0.15) is 18.9 Å². The second-order valence-electron chi connectivity index (χ2n) is 6.86. The van der Waals surface area contributed by atoms with Crippen LogP contribution in [0.4, 0.5) is 0 Å². The van der Waals surface area contributed by atoms with E-state index in [9.17, 15) is 13.2 Å². The van der Waals surface area contributed by atoms with E-state index in [4.69, 9.17) is 21.1 Å². The van der Waals surface area contributed by atoms with Gasteiger partial charge in [-0.05, 0) is 55.0 Å². The van der Waals surface area contributed by atoms with E-state index in [1.54, 1.807) is 42.6 Å². The molecule has 0 bridgehead atoms. The molecule has 10 heteroatoms. The number of pyridine rings is 1. The summed E-state index contributed by atoms with van der Waals surface area (Å²) < 4.78 is 38.1. The zero-order chi connectivity index (χ0) is 23.7. The number of hydrogen-bond donors (Lipinski definition) is 2. The number of halogens is 1. The molecule has 3 aromatic rings. The average molecular weight is 490 g/mol. The van der Waals surface area contributed by atoms with Crippen LogP contribution in [0.5, 0.6) is 17.4 Å². The summed E-state index contributed by atoms with van der Waals surface area (Å²) in [6, 6.07) is 16.8. The van der Waals surface area contributed by atoms with E-state index in [0.29, 0.717) is 18.2 Å². The maximum absolute atomic E-state index is 12.3. The van der Waals surface area contributed by atoms with Gasteiger partial charge in [0.15, 0.2) is 0 Å². The third-order valence-electron chi connectivity index (χ3n) is 4.42. The van der Waals surface area contributed by atoms with Gasteiger partial charge >= 0.3 is 0 Å². The third kappa shape index (κ3) is 7.45. The Morgan fingerprint density at radius 1 is 1.06 bits per heavy atom. The molecule has 8 nitrogen and oxygen atoms in total. The molecule has 0 aliphatic heterocycles. The lowest BCUT2D eigenvalue weighted by Crippen LogP contribution is -2.30. The quantitative estimate of drug-likeness (QED) is 0.423. The van der Waals surface area contributed by atoms with Gasteiger partial charge in [0.05, 0.1) is 11.6 Å². The van der Waals surface area contributed by atoms with Gasteiger partial charge in [-0.25, -0.2) is 18.1 Å². The smallest absolute Gasteiger partial charge is 0.242 e. The fourth-order valence-corrected chi connectivity index (χ4v) is 4.39. The molecule has 0 radical (unpaired) electrons. The lowest BCUT2D eigenvalue weighted by Gasteiger charge is -2.10. The fraction of sp³-hybridized carbons (Fsp3) is 0.217. The summed E-state index contributed by atoms with van der Waals surface area (Å²) in [5.74, 6) is 1.45. The molecule has 0 unspecified atom stereocenters. The van der Waals surface area contributed by atoms with E-state index in [0.717, 1.165) is 11.3 Å². The number of ether oxygens (including phenoxy) is 2. The van der Waals surface area contributed by atoms with Crippen molar-refractivity contribution in [1.29, 1.82) is 0 Å². The minimum atomic E-state index is -3.79. The van der Waals surface area contributed by atoms with Gasteiger partial charge in [-0.1, -0.05) is 23.7 Å². The van der Waals surface area contributed by atoms with Crippen molar-refractivity contribution < 1.29 is 22.7 Å². The van der Waals surface area contributed by atoms with Crippen molar-refractivity contribution >= 4 is 27.5 Å². The first kappa shape index (κ1) is 24.5. The summed E-state index contributed by atoms with van der Waals surface area (Å²) in [7, 11) is -3.79. The van der Waals surface area contributed by atoms with Gasteiger partial charge in [0, 0.05) is 31.8 Å². The van der Waals surface area contributed by atoms with E-state index in [2.05, 4.69) is 15.0 Å². The molecule has 3 rings (SSSR count). The van der Waals surface area contributed by atoms with Gasteiger partial charge in [0.25, 0.3) is 0 Å². The number of carbonyl (C=O) groups is 1. The number of rotatable bonds is 11. The molecule has 2 N–H and O–H groups in total. The van der Waals surface area contributed by atoms with Gasteiger partial charge in [-0.3, -0.25) is 4.79 Å². The maximum atomic E-state index is 12.3. The van der Waals surface area contributed by atoms with Gasteiger partial charge in [0.1, 0.15) is 16.4 Å². The Bertz CT molecular complexity index is 1190. The van der Waals surface area contributed by atoms with Crippen molar-refractivity contribution in [3.05, 3.63) is 77.4 Å². The van der Waals surface area contributed by atoms with E-state index >= 15 is 0 Å². The number of nitrogens with one attached hydrogen (secondary N) is 2. The van der Waals surface area contributed by atoms with Crippen LogP contribution in [0.2, 0.25) is 5.02 Å². The SMILES string of the molecule is CCOc1ccc(Oc2cc(CNC(=O)CCNS(=O)(=O)c3ccccc3Cl)ccn2)cc1. The number of carbonyl (C=O) groups excluding carboxylic acids is 1. The molecule has 0 atom stereocenters. The molecule has 33 heavy (non-hydrogen) atoms. The second-order valence-corrected chi connectivity index (χ2v) is 9.01. The molecule has 1 amide bonds. The Balaban J connectivity index is 1.47. The summed E-state index contributed by atoms with van der Waals surface area (Å²) in [6.45, 7) is 2.70. The van der Waals surface area contributed by atoms with Crippen LogP contribution >= 0.6 is 11.6 Å². The summed E-state index contributed by atoms with van der Waals surface area (Å²) >= 11 is 5.93. The molecule has 1 aromatic heterocycles. The lowest BCUT2D eigenvalue weighted by atomic mass is 10.2. The predicted molar refractivity (Wildman–Crippen MR) is 125 cm³/mol. The van der Waals surface area contributed by atoms with Gasteiger partial charge < -0.3 is 14.8 Å². The number of hydrogen-bond acceptors (Lipinski definition) is 6. The molecule has 0 fully saturated rings. The zero-order valence-electron chi connectivity index (χ0n) is 18.0. The number of benzene rings is 2. The summed E-state index contributed by atoms with van der Waals surface area (Å²) in [5, 5.41) is 2.87. The van der Waals surface area contributed by atoms with Crippen LogP contribution < -0.4 is 19.5 Å². The summed E-state index contributed by atoms with van der Waals surface area (Å²) in [4.78, 5) is 16.3. The Labute approximate surface area is 198 Å². The number of nitrogens with zero attached hydrogens (tertiary/aromatic N) is 1. The molecule has 0 saturated carbocycles. The molecular formula is C23H24ClN3O5S. The number of sulfonamides is 1. The van der Waals surface area contributed by atoms with E-state index < -0.39 is 10.0 Å². The Kier molecular flexibility index (Phi) is 8.65. The molecule has 0 spiro atoms. The molecule has 0 aliphatic carbocycles. The highest BCUT2D eigenvalue weighted by atomic mass is 35.5. The Hall–Kier alpha value is -3.14. The standard InChI is InChI=1S/C23H24ClN3O5S/c1-2-31-18-7-9-19(10-8-18)32-23-15-17(11-13-25-23)16-26-22(28)12-14-27-33(29,30)21-6-4-3-5-20(21)24/h3-11,13,15,27H,2,12,14,16H2,1H3,(H,26,28). The Morgan fingerprint density at radius 3 is 2.52 bits per heavy atom. The normalized spacial score (nSPS) is 11.1. The number of amides is 1. The predicted octanol–water partition coefficient (Wildman–Crippen LogP) is 3.91. The fourth-order valence-electron chi connectivity index (χ4n) is 2.84. The summed E-state index contributed by atoms with van der Waals surface area (Å²) in [5.41, 5.74) is 0.788. The second kappa shape index (κ2) is 11.6. The van der Waals surface area contributed by atoms with Crippen molar-refractivity contribution in [2.75, 3.05) is 13.2 Å². The number of aromatic nitrogens is 1. The molecular weight excluding hydrogens is 466 g/mol. The van der Waals surface area contributed by atoms with E-state index in [1.165, 1.54) is 12.1 Å². The first-order valence-electron chi connectivity index (χ1n) is 10.2. The largest absolute Gasteiger partial charge is 0.494 e. The van der Waals surface area contributed by atoms with Crippen molar-refractivity contribution in [3.8, 4) is 17.4 Å². The average Bonchev–Trinajstić information content (AvgIpc) is 2.79. The van der Waals surface area contributed by atoms with Crippen LogP contribution in [-0.4, -0.2) is 32.5 Å². The van der Waals surface area contributed by atoms with E-state index in [-0.39, 0.29) is 35.3 Å². The highest BCUT2D eigenvalue weighted by Gasteiger charge is 2.17. The van der Waals surface area contributed by atoms with Crippen LogP contribution in [0.25, 0.3) is 0 Å². The topological polar surface area (TPSA) is 107 Å². The molecule has 2 aromatic carbocycles. The first-order chi connectivity index (χ1) is 15.9. The highest BCUT2D eigenvalue weighted by molar-refractivity contribution is 7.89. The maximum Gasteiger partial charge on any atom is 0.242 e. The van der Waals surface area contributed by atoms with E-state index in [1.807, 2.05) is 19.1 Å². The molecule has 0 saturated heterocycles. The van der Waals surface area contributed by atoms with Crippen molar-refractivity contribution in [3.63, 3.8) is 0 Å². The van der Waals surface area contributed by atoms with Crippen LogP contribution in [-0.2, 0) is 21.4 Å². The minimum absolute atomic E-state index is 0.0235. The highest BCUT2D eigenvalue weighted by Crippen LogP contribution is 2.23. The molecule has 174 valence electrons. The van der Waals surface area contributed by atoms with Crippen LogP contribution in [0, 0.1) is 0 Å². The van der Waals surface area contributed by atoms with Crippen molar-refractivity contribution in [2.45, 2.75) is 24.8 Å². The summed E-state index contributed by atoms with van der Waals surface area (Å²) in [6.07, 6.45) is 1.56. The molecule has 1 heterocycles. The lowest BCUT2D eigenvalue weighted by molar-refractivity contribution is -0.121. The van der Waals surface area contributed by atoms with Crippen LogP contribution in [0.3, 0.4) is 0 Å². The Morgan fingerprint density at radius 2 is 1.79 bits per heavy atom. The van der Waals surface area contributed by atoms with Gasteiger partial charge in [-0.15, -0.1) is 0 Å².